The Morgan fingerprint density at radius 3 is 2.69 bits per heavy atom. The Morgan fingerprint density at radius 1 is 1.48 bits per heavy atom. The molecule has 2 atom stereocenters. The van der Waals surface area contributed by atoms with E-state index in [-0.39, 0.29) is 17.6 Å². The van der Waals surface area contributed by atoms with Gasteiger partial charge >= 0.3 is 12.1 Å². The molecule has 13 heteroatoms. The number of anilines is 1. The Balaban J connectivity index is 0.000000370. The molecule has 3 rings (SSSR count). The van der Waals surface area contributed by atoms with Crippen LogP contribution in [0.3, 0.4) is 0 Å². The van der Waals surface area contributed by atoms with Crippen LogP contribution >= 0.6 is 0 Å². The summed E-state index contributed by atoms with van der Waals surface area (Å²) in [6.45, 7) is 2.94. The Kier molecular flexibility index (Phi) is 7.06. The van der Waals surface area contributed by atoms with E-state index in [2.05, 4.69) is 10.3 Å². The number of pyridine rings is 1. The molecule has 0 aromatic carbocycles. The number of hydrogen-bond donors (Lipinski definition) is 2. The Labute approximate surface area is 164 Å². The van der Waals surface area contributed by atoms with Gasteiger partial charge in [0.1, 0.15) is 0 Å². The van der Waals surface area contributed by atoms with Gasteiger partial charge in [-0.25, -0.2) is 22.6 Å². The molecule has 0 saturated carbocycles. The van der Waals surface area contributed by atoms with Gasteiger partial charge in [-0.1, -0.05) is 0 Å². The molecule has 29 heavy (non-hydrogen) atoms. The van der Waals surface area contributed by atoms with Crippen molar-refractivity contribution in [2.45, 2.75) is 37.6 Å². The van der Waals surface area contributed by atoms with Crippen LogP contribution < -0.4 is 5.32 Å². The van der Waals surface area contributed by atoms with Crippen LogP contribution in [0, 0.1) is 5.82 Å². The van der Waals surface area contributed by atoms with E-state index in [1.165, 1.54) is 22.6 Å². The highest BCUT2D eigenvalue weighted by Crippen LogP contribution is 2.37. The number of halogens is 4. The number of carbonyl (C=O) groups is 1. The predicted octanol–water partition coefficient (Wildman–Crippen LogP) is 1.85. The van der Waals surface area contributed by atoms with Crippen molar-refractivity contribution in [1.82, 2.24) is 9.29 Å². The van der Waals surface area contributed by atoms with Crippen LogP contribution in [-0.2, 0) is 19.6 Å². The summed E-state index contributed by atoms with van der Waals surface area (Å²) in [5, 5.41) is 10.2. The van der Waals surface area contributed by atoms with Crippen LogP contribution in [0.5, 0.6) is 0 Å². The molecule has 1 spiro atoms. The molecule has 0 radical (unpaired) electrons. The maximum Gasteiger partial charge on any atom is 0.490 e. The number of alkyl halides is 3. The number of aliphatic carboxylic acids is 1. The number of aromatic nitrogens is 1. The molecule has 0 aliphatic carbocycles. The average molecular weight is 443 g/mol. The largest absolute Gasteiger partial charge is 0.490 e. The fourth-order valence-corrected chi connectivity index (χ4v) is 4.30. The molecule has 0 bridgehead atoms. The minimum absolute atomic E-state index is 0.0614. The highest BCUT2D eigenvalue weighted by atomic mass is 32.2. The van der Waals surface area contributed by atoms with E-state index >= 15 is 0 Å². The van der Waals surface area contributed by atoms with Gasteiger partial charge in [0.15, 0.2) is 11.6 Å². The first-order valence-corrected chi connectivity index (χ1v) is 10.3. The second kappa shape index (κ2) is 8.79. The molecule has 2 aliphatic rings. The molecule has 2 aliphatic heterocycles. The number of nitrogens with zero attached hydrogens (tertiary/aromatic N) is 2. The van der Waals surface area contributed by atoms with Gasteiger partial charge in [-0.15, -0.1) is 0 Å². The fraction of sp³-hybridized carbons (Fsp3) is 0.625. The molecule has 1 aromatic heterocycles. The minimum atomic E-state index is -5.08. The summed E-state index contributed by atoms with van der Waals surface area (Å²) < 4.78 is 76.6. The van der Waals surface area contributed by atoms with Crippen molar-refractivity contribution in [3.8, 4) is 0 Å². The lowest BCUT2D eigenvalue weighted by molar-refractivity contribution is -0.192. The van der Waals surface area contributed by atoms with Crippen LogP contribution in [-0.4, -0.2) is 72.1 Å². The van der Waals surface area contributed by atoms with Crippen molar-refractivity contribution in [2.24, 2.45) is 0 Å². The zero-order chi connectivity index (χ0) is 21.9. The van der Waals surface area contributed by atoms with Crippen LogP contribution in [0.15, 0.2) is 18.3 Å². The highest BCUT2D eigenvalue weighted by molar-refractivity contribution is 7.89. The van der Waals surface area contributed by atoms with Crippen molar-refractivity contribution < 1.29 is 40.6 Å². The third-order valence-electron chi connectivity index (χ3n) is 4.59. The molecule has 0 amide bonds. The second-order valence-corrected chi connectivity index (χ2v) is 8.92. The first kappa shape index (κ1) is 23.3. The van der Waals surface area contributed by atoms with E-state index in [0.717, 1.165) is 0 Å². The van der Waals surface area contributed by atoms with Gasteiger partial charge in [0.05, 0.1) is 24.0 Å². The standard InChI is InChI=1S/C14H20FN3O3S.C2HF3O2/c1-2-22(19,20)18-7-5-14(10-18)8-11(9-21-14)17-13-12(15)4-3-6-16-13;3-2(4,5)1(6)7/h3-4,6,11H,2,5,7-10H2,1H3,(H,16,17);(H,6,7). The monoisotopic (exact) mass is 443 g/mol. The topological polar surface area (TPSA) is 109 Å². The van der Waals surface area contributed by atoms with Crippen molar-refractivity contribution in [3.05, 3.63) is 24.1 Å². The van der Waals surface area contributed by atoms with Gasteiger partial charge in [-0.3, -0.25) is 0 Å². The molecule has 3 heterocycles. The predicted molar refractivity (Wildman–Crippen MR) is 94.2 cm³/mol. The number of ether oxygens (including phenoxy) is 1. The molecule has 1 aromatic rings. The first-order chi connectivity index (χ1) is 13.4. The zero-order valence-corrected chi connectivity index (χ0v) is 16.3. The minimum Gasteiger partial charge on any atom is -0.475 e. The number of carboxylic acids is 1. The van der Waals surface area contributed by atoms with Gasteiger partial charge in [-0.2, -0.15) is 17.5 Å². The highest BCUT2D eigenvalue weighted by Gasteiger charge is 2.48. The second-order valence-electron chi connectivity index (χ2n) is 6.66. The van der Waals surface area contributed by atoms with E-state index in [9.17, 15) is 26.0 Å². The van der Waals surface area contributed by atoms with Crippen LogP contribution in [0.25, 0.3) is 0 Å². The van der Waals surface area contributed by atoms with Crippen molar-refractivity contribution in [1.29, 1.82) is 0 Å². The van der Waals surface area contributed by atoms with Gasteiger partial charge in [0.25, 0.3) is 0 Å². The molecule has 164 valence electrons. The number of hydrogen-bond acceptors (Lipinski definition) is 6. The third kappa shape index (κ3) is 6.00. The van der Waals surface area contributed by atoms with Crippen molar-refractivity contribution in [3.63, 3.8) is 0 Å². The number of carboxylic acid groups (broad SMARTS) is 1. The average Bonchev–Trinajstić information content (AvgIpc) is 3.24. The molecule has 2 N–H and O–H groups in total. The van der Waals surface area contributed by atoms with Crippen molar-refractivity contribution >= 4 is 21.8 Å². The Morgan fingerprint density at radius 2 is 2.14 bits per heavy atom. The molecule has 2 saturated heterocycles. The summed E-state index contributed by atoms with van der Waals surface area (Å²) in [4.78, 5) is 12.9. The van der Waals surface area contributed by atoms with Crippen LogP contribution in [0.1, 0.15) is 19.8 Å². The summed E-state index contributed by atoms with van der Waals surface area (Å²) in [6, 6.07) is 2.83. The maximum atomic E-state index is 13.6. The summed E-state index contributed by atoms with van der Waals surface area (Å²) >= 11 is 0. The van der Waals surface area contributed by atoms with E-state index in [0.29, 0.717) is 32.5 Å². The zero-order valence-electron chi connectivity index (χ0n) is 15.4. The SMILES string of the molecule is CCS(=O)(=O)N1CCC2(CC(Nc3ncccc3F)CO2)C1.O=C(O)C(F)(F)F. The lowest BCUT2D eigenvalue weighted by Crippen LogP contribution is -2.37. The van der Waals surface area contributed by atoms with Crippen molar-refractivity contribution in [2.75, 3.05) is 30.8 Å². The van der Waals surface area contributed by atoms with E-state index in [1.807, 2.05) is 0 Å². The Bertz CT molecular complexity index is 836. The lowest BCUT2D eigenvalue weighted by atomic mass is 9.97. The molecule has 2 unspecified atom stereocenters. The molecule has 8 nitrogen and oxygen atoms in total. The van der Waals surface area contributed by atoms with Crippen LogP contribution in [0.4, 0.5) is 23.4 Å². The molecule has 2 fully saturated rings. The summed E-state index contributed by atoms with van der Waals surface area (Å²) in [5.74, 6) is -2.84. The number of nitrogens with one attached hydrogen (secondary N) is 1. The van der Waals surface area contributed by atoms with Gasteiger partial charge in [0.2, 0.25) is 10.0 Å². The van der Waals surface area contributed by atoms with Crippen LogP contribution in [0.2, 0.25) is 0 Å². The van der Waals surface area contributed by atoms with Gasteiger partial charge in [0, 0.05) is 25.7 Å². The van der Waals surface area contributed by atoms with Gasteiger partial charge < -0.3 is 15.2 Å². The van der Waals surface area contributed by atoms with E-state index in [4.69, 9.17) is 14.6 Å². The lowest BCUT2D eigenvalue weighted by Gasteiger charge is -2.23. The Hall–Kier alpha value is -1.99. The smallest absolute Gasteiger partial charge is 0.475 e. The first-order valence-electron chi connectivity index (χ1n) is 8.67. The number of rotatable bonds is 4. The summed E-state index contributed by atoms with van der Waals surface area (Å²) in [6.07, 6.45) is -2.23. The summed E-state index contributed by atoms with van der Waals surface area (Å²) in [7, 11) is -3.18. The van der Waals surface area contributed by atoms with Gasteiger partial charge in [-0.05, 0) is 25.5 Å². The quantitative estimate of drug-likeness (QED) is 0.684. The third-order valence-corrected chi connectivity index (χ3v) is 6.42. The maximum absolute atomic E-state index is 13.6. The van der Waals surface area contributed by atoms with E-state index < -0.39 is 33.6 Å². The van der Waals surface area contributed by atoms with E-state index in [1.54, 1.807) is 6.92 Å². The fourth-order valence-electron chi connectivity index (χ4n) is 3.13. The molecular weight excluding hydrogens is 422 g/mol. The summed E-state index contributed by atoms with van der Waals surface area (Å²) in [5.41, 5.74) is -0.453. The normalized spacial score (nSPS) is 24.9. The number of sulfonamides is 1. The molecular formula is C16H21F4N3O5S.